The molecule has 0 aliphatic carbocycles. The van der Waals surface area contributed by atoms with Crippen molar-refractivity contribution in [3.8, 4) is 11.5 Å². The van der Waals surface area contributed by atoms with Crippen LogP contribution in [0.4, 0.5) is 8.78 Å². The summed E-state index contributed by atoms with van der Waals surface area (Å²) < 4.78 is 38.1. The first-order valence-corrected chi connectivity index (χ1v) is 11.5. The van der Waals surface area contributed by atoms with Crippen LogP contribution in [0.15, 0.2) is 60.7 Å². The Balaban J connectivity index is 1.45. The summed E-state index contributed by atoms with van der Waals surface area (Å²) in [5.41, 5.74) is 2.94. The van der Waals surface area contributed by atoms with Crippen molar-refractivity contribution in [1.29, 1.82) is 0 Å². The standard InChI is InChI=1S/C27H28F2N2O4/c1-2-17-4-3-5-18(8-17)14-30-15-24(32)23(11-19-9-21(28)13-22(29)10-19)31-27(33)20-6-7-25-26(12-20)35-16-34-25/h3-10,12-13,23-24,30,32H,2,11,14-16H2,1H3,(H,31,33)/t23?,24-/m1/s1. The van der Waals surface area contributed by atoms with E-state index in [0.29, 0.717) is 29.2 Å². The average Bonchev–Trinajstić information content (AvgIpc) is 3.31. The number of halogens is 2. The third-order valence-electron chi connectivity index (χ3n) is 5.88. The Kier molecular flexibility index (Phi) is 7.94. The summed E-state index contributed by atoms with van der Waals surface area (Å²) in [7, 11) is 0. The van der Waals surface area contributed by atoms with Crippen LogP contribution < -0.4 is 20.1 Å². The quantitative estimate of drug-likeness (QED) is 0.410. The summed E-state index contributed by atoms with van der Waals surface area (Å²) in [5.74, 6) is -0.879. The molecule has 3 N–H and O–H groups in total. The number of ether oxygens (including phenoxy) is 2. The van der Waals surface area contributed by atoms with Crippen molar-refractivity contribution in [2.45, 2.75) is 38.5 Å². The largest absolute Gasteiger partial charge is 0.454 e. The molecule has 0 radical (unpaired) electrons. The van der Waals surface area contributed by atoms with Gasteiger partial charge in [0.25, 0.3) is 5.91 Å². The van der Waals surface area contributed by atoms with Crippen LogP contribution in [-0.4, -0.2) is 36.5 Å². The van der Waals surface area contributed by atoms with Gasteiger partial charge in [-0.25, -0.2) is 8.78 Å². The van der Waals surface area contributed by atoms with Crippen molar-refractivity contribution in [2.75, 3.05) is 13.3 Å². The number of hydrogen-bond donors (Lipinski definition) is 3. The molecule has 1 aliphatic heterocycles. The summed E-state index contributed by atoms with van der Waals surface area (Å²) in [6.07, 6.45) is -0.0537. The van der Waals surface area contributed by atoms with E-state index in [-0.39, 0.29) is 19.8 Å². The zero-order valence-corrected chi connectivity index (χ0v) is 19.4. The maximum absolute atomic E-state index is 13.8. The maximum Gasteiger partial charge on any atom is 0.251 e. The summed E-state index contributed by atoms with van der Waals surface area (Å²) in [5, 5.41) is 16.9. The van der Waals surface area contributed by atoms with Crippen molar-refractivity contribution >= 4 is 5.91 Å². The molecule has 6 nitrogen and oxygen atoms in total. The topological polar surface area (TPSA) is 79.8 Å². The molecule has 8 heteroatoms. The lowest BCUT2D eigenvalue weighted by molar-refractivity contribution is 0.0829. The number of carbonyl (C=O) groups is 1. The lowest BCUT2D eigenvalue weighted by Crippen LogP contribution is -2.48. The monoisotopic (exact) mass is 482 g/mol. The number of benzene rings is 3. The second-order valence-electron chi connectivity index (χ2n) is 8.50. The molecule has 0 spiro atoms. The van der Waals surface area contributed by atoms with Crippen LogP contribution in [-0.2, 0) is 19.4 Å². The zero-order valence-electron chi connectivity index (χ0n) is 19.4. The molecule has 1 aliphatic rings. The number of rotatable bonds is 10. The molecule has 184 valence electrons. The minimum atomic E-state index is -1.02. The molecular weight excluding hydrogens is 454 g/mol. The highest BCUT2D eigenvalue weighted by Crippen LogP contribution is 2.32. The SMILES string of the molecule is CCc1cccc(CNC[C@@H](O)C(Cc2cc(F)cc(F)c2)NC(=O)c2ccc3c(c2)OCO3)c1. The van der Waals surface area contributed by atoms with Crippen LogP contribution in [0, 0.1) is 11.6 Å². The van der Waals surface area contributed by atoms with E-state index in [1.807, 2.05) is 12.1 Å². The average molecular weight is 483 g/mol. The summed E-state index contributed by atoms with van der Waals surface area (Å²) in [6, 6.07) is 15.3. The van der Waals surface area contributed by atoms with E-state index in [1.165, 1.54) is 17.7 Å². The van der Waals surface area contributed by atoms with Crippen molar-refractivity contribution in [2.24, 2.45) is 0 Å². The minimum Gasteiger partial charge on any atom is -0.454 e. The highest BCUT2D eigenvalue weighted by molar-refractivity contribution is 5.95. The molecule has 1 unspecified atom stereocenters. The number of nitrogens with one attached hydrogen (secondary N) is 2. The van der Waals surface area contributed by atoms with Crippen molar-refractivity contribution in [1.82, 2.24) is 10.6 Å². The molecule has 0 saturated carbocycles. The fraction of sp³-hybridized carbons (Fsp3) is 0.296. The van der Waals surface area contributed by atoms with Gasteiger partial charge < -0.3 is 25.2 Å². The van der Waals surface area contributed by atoms with Crippen molar-refractivity contribution in [3.05, 3.63) is 94.6 Å². The molecule has 0 saturated heterocycles. The van der Waals surface area contributed by atoms with Gasteiger partial charge in [-0.15, -0.1) is 0 Å². The number of aliphatic hydroxyl groups excluding tert-OH is 1. The van der Waals surface area contributed by atoms with E-state index in [4.69, 9.17) is 9.47 Å². The summed E-state index contributed by atoms with van der Waals surface area (Å²) in [6.45, 7) is 2.86. The van der Waals surface area contributed by atoms with E-state index in [2.05, 4.69) is 29.7 Å². The van der Waals surface area contributed by atoms with E-state index < -0.39 is 29.7 Å². The van der Waals surface area contributed by atoms with Gasteiger partial charge in [0.2, 0.25) is 6.79 Å². The fourth-order valence-electron chi connectivity index (χ4n) is 4.02. The van der Waals surface area contributed by atoms with E-state index in [1.54, 1.807) is 18.2 Å². The van der Waals surface area contributed by atoms with E-state index >= 15 is 0 Å². The lowest BCUT2D eigenvalue weighted by Gasteiger charge is -2.25. The predicted molar refractivity (Wildman–Crippen MR) is 127 cm³/mol. The highest BCUT2D eigenvalue weighted by atomic mass is 19.1. The van der Waals surface area contributed by atoms with Crippen LogP contribution in [0.2, 0.25) is 0 Å². The number of amides is 1. The normalized spacial score (nSPS) is 13.9. The molecule has 2 atom stereocenters. The first kappa shape index (κ1) is 24.6. The van der Waals surface area contributed by atoms with Crippen molar-refractivity contribution in [3.63, 3.8) is 0 Å². The lowest BCUT2D eigenvalue weighted by atomic mass is 10.00. The molecule has 1 amide bonds. The van der Waals surface area contributed by atoms with E-state index in [9.17, 15) is 18.7 Å². The van der Waals surface area contributed by atoms with Gasteiger partial charge in [-0.1, -0.05) is 31.2 Å². The Labute approximate surface area is 202 Å². The summed E-state index contributed by atoms with van der Waals surface area (Å²) >= 11 is 0. The molecule has 3 aromatic rings. The second kappa shape index (κ2) is 11.3. The second-order valence-corrected chi connectivity index (χ2v) is 8.50. The van der Waals surface area contributed by atoms with Crippen LogP contribution in [0.25, 0.3) is 0 Å². The first-order valence-electron chi connectivity index (χ1n) is 11.5. The van der Waals surface area contributed by atoms with E-state index in [0.717, 1.165) is 18.1 Å². The molecule has 0 fully saturated rings. The maximum atomic E-state index is 13.8. The molecule has 4 rings (SSSR count). The van der Waals surface area contributed by atoms with Crippen LogP contribution in [0.1, 0.15) is 34.0 Å². The third kappa shape index (κ3) is 6.55. The molecule has 0 bridgehead atoms. The van der Waals surface area contributed by atoms with Gasteiger partial charge >= 0.3 is 0 Å². The van der Waals surface area contributed by atoms with Crippen molar-refractivity contribution < 1.29 is 28.2 Å². The van der Waals surface area contributed by atoms with Crippen LogP contribution >= 0.6 is 0 Å². The number of aryl methyl sites for hydroxylation is 1. The fourth-order valence-corrected chi connectivity index (χ4v) is 4.02. The molecular formula is C27H28F2N2O4. The van der Waals surface area contributed by atoms with Crippen LogP contribution in [0.3, 0.4) is 0 Å². The Bertz CT molecular complexity index is 1170. The van der Waals surface area contributed by atoms with Gasteiger partial charge in [-0.05, 0) is 59.9 Å². The molecule has 35 heavy (non-hydrogen) atoms. The van der Waals surface area contributed by atoms with Gasteiger partial charge in [-0.2, -0.15) is 0 Å². The number of fused-ring (bicyclic) bond motifs is 1. The number of hydrogen-bond acceptors (Lipinski definition) is 5. The van der Waals surface area contributed by atoms with Gasteiger partial charge in [0.15, 0.2) is 11.5 Å². The zero-order chi connectivity index (χ0) is 24.8. The first-order chi connectivity index (χ1) is 16.9. The van der Waals surface area contributed by atoms with Gasteiger partial charge in [-0.3, -0.25) is 4.79 Å². The minimum absolute atomic E-state index is 0.0408. The Hall–Kier alpha value is -3.49. The van der Waals surface area contributed by atoms with Gasteiger partial charge in [0.05, 0.1) is 12.1 Å². The van der Waals surface area contributed by atoms with Gasteiger partial charge in [0.1, 0.15) is 11.6 Å². The Morgan fingerprint density at radius 1 is 0.971 bits per heavy atom. The number of aliphatic hydroxyl groups is 1. The predicted octanol–water partition coefficient (Wildman–Crippen LogP) is 3.75. The molecule has 0 aromatic heterocycles. The number of carbonyl (C=O) groups excluding carboxylic acids is 1. The molecule has 1 heterocycles. The summed E-state index contributed by atoms with van der Waals surface area (Å²) in [4.78, 5) is 13.0. The Morgan fingerprint density at radius 2 is 1.71 bits per heavy atom. The highest BCUT2D eigenvalue weighted by Gasteiger charge is 2.24. The molecule has 3 aromatic carbocycles. The van der Waals surface area contributed by atoms with Crippen LogP contribution in [0.5, 0.6) is 11.5 Å². The Morgan fingerprint density at radius 3 is 2.49 bits per heavy atom. The third-order valence-corrected chi connectivity index (χ3v) is 5.88. The van der Waals surface area contributed by atoms with Gasteiger partial charge in [0, 0.05) is 24.7 Å². The smallest absolute Gasteiger partial charge is 0.251 e.